The Hall–Kier alpha value is -1.48. The Bertz CT molecular complexity index is 688. The minimum atomic E-state index is -0.0323. The predicted molar refractivity (Wildman–Crippen MR) is 90.1 cm³/mol. The van der Waals surface area contributed by atoms with Crippen molar-refractivity contribution in [3.63, 3.8) is 0 Å². The Morgan fingerprint density at radius 3 is 2.33 bits per heavy atom. The monoisotopic (exact) mass is 298 g/mol. The molecule has 1 aromatic carbocycles. The zero-order valence-corrected chi connectivity index (χ0v) is 13.8. The quantitative estimate of drug-likeness (QED) is 0.755. The molecule has 0 saturated heterocycles. The van der Waals surface area contributed by atoms with Crippen LogP contribution in [0.3, 0.4) is 0 Å². The maximum atomic E-state index is 5.32. The van der Waals surface area contributed by atoms with Gasteiger partial charge < -0.3 is 4.98 Å². The van der Waals surface area contributed by atoms with Crippen LogP contribution in [0.25, 0.3) is 11.3 Å². The molecule has 0 bridgehead atoms. The van der Waals surface area contributed by atoms with Crippen molar-refractivity contribution in [2.24, 2.45) is 0 Å². The first kappa shape index (κ1) is 14.5. The van der Waals surface area contributed by atoms with Crippen LogP contribution in [0, 0.1) is 4.64 Å². The molecule has 1 heterocycles. The Kier molecular flexibility index (Phi) is 3.70. The smallest absolute Gasteiger partial charge is 0.130 e. The lowest BCUT2D eigenvalue weighted by Crippen LogP contribution is -2.16. The van der Waals surface area contributed by atoms with Crippen molar-refractivity contribution in [3.05, 3.63) is 46.4 Å². The maximum absolute atomic E-state index is 5.32. The summed E-state index contributed by atoms with van der Waals surface area (Å²) in [6.45, 7) is 6.43. The van der Waals surface area contributed by atoms with Gasteiger partial charge in [-0.3, -0.25) is 0 Å². The van der Waals surface area contributed by atoms with E-state index in [4.69, 9.17) is 12.2 Å². The van der Waals surface area contributed by atoms with E-state index in [2.05, 4.69) is 55.0 Å². The highest BCUT2D eigenvalue weighted by Crippen LogP contribution is 2.36. The highest BCUT2D eigenvalue weighted by molar-refractivity contribution is 7.71. The van der Waals surface area contributed by atoms with Gasteiger partial charge in [-0.1, -0.05) is 63.7 Å². The van der Waals surface area contributed by atoms with Gasteiger partial charge in [0.2, 0.25) is 0 Å². The lowest BCUT2D eigenvalue weighted by Gasteiger charge is -2.25. The van der Waals surface area contributed by atoms with Crippen molar-refractivity contribution in [1.82, 2.24) is 9.97 Å². The molecule has 3 rings (SSSR count). The predicted octanol–water partition coefficient (Wildman–Crippen LogP) is 5.37. The zero-order valence-electron chi connectivity index (χ0n) is 12.9. The van der Waals surface area contributed by atoms with Gasteiger partial charge in [-0.25, -0.2) is 4.98 Å². The number of hydrogen-bond donors (Lipinski definition) is 1. The van der Waals surface area contributed by atoms with E-state index in [0.29, 0.717) is 4.64 Å². The van der Waals surface area contributed by atoms with Crippen molar-refractivity contribution < 1.29 is 0 Å². The first-order valence-corrected chi connectivity index (χ1v) is 8.06. The number of rotatable bonds is 2. The van der Waals surface area contributed by atoms with E-state index >= 15 is 0 Å². The summed E-state index contributed by atoms with van der Waals surface area (Å²) in [7, 11) is 0. The molecule has 0 radical (unpaired) electrons. The Morgan fingerprint density at radius 1 is 1.14 bits per heavy atom. The van der Waals surface area contributed by atoms with Gasteiger partial charge in [-0.05, 0) is 36.0 Å². The number of benzene rings is 1. The summed E-state index contributed by atoms with van der Waals surface area (Å²) in [6, 6.07) is 10.9. The lowest BCUT2D eigenvalue weighted by atomic mass is 9.80. The van der Waals surface area contributed by atoms with Gasteiger partial charge in [-0.15, -0.1) is 0 Å². The van der Waals surface area contributed by atoms with E-state index in [-0.39, 0.29) is 5.41 Å². The fourth-order valence-electron chi connectivity index (χ4n) is 2.64. The number of H-pyrrole nitrogens is 1. The molecule has 3 heteroatoms. The average molecular weight is 298 g/mol. The Labute approximate surface area is 131 Å². The van der Waals surface area contributed by atoms with Gasteiger partial charge in [0.05, 0.1) is 0 Å². The van der Waals surface area contributed by atoms with Gasteiger partial charge >= 0.3 is 0 Å². The molecule has 1 N–H and O–H groups in total. The highest BCUT2D eigenvalue weighted by Gasteiger charge is 2.20. The molecule has 2 nitrogen and oxygen atoms in total. The van der Waals surface area contributed by atoms with Crippen molar-refractivity contribution in [3.8, 4) is 11.3 Å². The number of hydrogen-bond acceptors (Lipinski definition) is 2. The summed E-state index contributed by atoms with van der Waals surface area (Å²) in [5.74, 6) is 1.72. The van der Waals surface area contributed by atoms with Crippen molar-refractivity contribution >= 4 is 12.2 Å². The van der Waals surface area contributed by atoms with Crippen LogP contribution < -0.4 is 0 Å². The molecular formula is C18H22N2S. The van der Waals surface area contributed by atoms with E-state index in [9.17, 15) is 0 Å². The molecule has 1 fully saturated rings. The zero-order chi connectivity index (χ0) is 15.0. The maximum Gasteiger partial charge on any atom is 0.130 e. The molecule has 1 aliphatic carbocycles. The first-order chi connectivity index (χ1) is 9.93. The van der Waals surface area contributed by atoms with Gasteiger partial charge in [0.1, 0.15) is 10.5 Å². The molecule has 1 aliphatic rings. The number of nitrogens with zero attached hydrogens (tertiary/aromatic N) is 1. The third kappa shape index (κ3) is 3.08. The lowest BCUT2D eigenvalue weighted by molar-refractivity contribution is 0.420. The SMILES string of the molecule is CC(C)(C)c1nc(=S)cc(-c2ccc(C3CCC3)cc2)[nH]1. The molecule has 1 saturated carbocycles. The minimum Gasteiger partial charge on any atom is -0.343 e. The molecular weight excluding hydrogens is 276 g/mol. The van der Waals surface area contributed by atoms with Crippen LogP contribution in [0.15, 0.2) is 30.3 Å². The fraction of sp³-hybridized carbons (Fsp3) is 0.444. The molecule has 0 unspecified atom stereocenters. The first-order valence-electron chi connectivity index (χ1n) is 7.66. The van der Waals surface area contributed by atoms with Crippen LogP contribution in [0.1, 0.15) is 57.3 Å². The molecule has 0 spiro atoms. The van der Waals surface area contributed by atoms with Crippen molar-refractivity contribution in [1.29, 1.82) is 0 Å². The average Bonchev–Trinajstić information content (AvgIpc) is 2.36. The summed E-state index contributed by atoms with van der Waals surface area (Å²) in [5.41, 5.74) is 3.67. The van der Waals surface area contributed by atoms with E-state index < -0.39 is 0 Å². The van der Waals surface area contributed by atoms with Gasteiger partial charge in [0, 0.05) is 11.1 Å². The van der Waals surface area contributed by atoms with Gasteiger partial charge in [0.25, 0.3) is 0 Å². The molecule has 0 atom stereocenters. The van der Waals surface area contributed by atoms with Crippen LogP contribution in [0.4, 0.5) is 0 Å². The molecule has 110 valence electrons. The molecule has 0 amide bonds. The topological polar surface area (TPSA) is 28.7 Å². The van der Waals surface area contributed by atoms with E-state index in [1.807, 2.05) is 6.07 Å². The van der Waals surface area contributed by atoms with Crippen LogP contribution in [-0.4, -0.2) is 9.97 Å². The second-order valence-corrected chi connectivity index (χ2v) is 7.40. The van der Waals surface area contributed by atoms with Crippen LogP contribution >= 0.6 is 12.2 Å². The molecule has 21 heavy (non-hydrogen) atoms. The Balaban J connectivity index is 1.96. The van der Waals surface area contributed by atoms with Gasteiger partial charge in [-0.2, -0.15) is 0 Å². The Morgan fingerprint density at radius 2 is 1.81 bits per heavy atom. The standard InChI is InChI=1S/C18H22N2S/c1-18(2,3)17-19-15(11-16(21)20-17)14-9-7-13(8-10-14)12-5-4-6-12/h7-12H,4-6H2,1-3H3,(H,19,20,21). The summed E-state index contributed by atoms with van der Waals surface area (Å²) in [6.07, 6.45) is 4.05. The van der Waals surface area contributed by atoms with Crippen molar-refractivity contribution in [2.75, 3.05) is 0 Å². The second-order valence-electron chi connectivity index (χ2n) is 6.98. The number of aromatic amines is 1. The number of nitrogens with one attached hydrogen (secondary N) is 1. The summed E-state index contributed by atoms with van der Waals surface area (Å²) in [4.78, 5) is 7.90. The van der Waals surface area contributed by atoms with Gasteiger partial charge in [0.15, 0.2) is 0 Å². The second kappa shape index (κ2) is 5.38. The fourth-order valence-corrected chi connectivity index (χ4v) is 2.85. The summed E-state index contributed by atoms with van der Waals surface area (Å²) < 4.78 is 0.650. The molecule has 0 aliphatic heterocycles. The number of aromatic nitrogens is 2. The van der Waals surface area contributed by atoms with Crippen molar-refractivity contribution in [2.45, 2.75) is 51.4 Å². The highest BCUT2D eigenvalue weighted by atomic mass is 32.1. The third-order valence-electron chi connectivity index (χ3n) is 4.25. The van der Waals surface area contributed by atoms with E-state index in [0.717, 1.165) is 17.4 Å². The molecule has 1 aromatic heterocycles. The summed E-state index contributed by atoms with van der Waals surface area (Å²) >= 11 is 5.32. The van der Waals surface area contributed by atoms with E-state index in [1.54, 1.807) is 0 Å². The summed E-state index contributed by atoms with van der Waals surface area (Å²) in [5, 5.41) is 0. The van der Waals surface area contributed by atoms with Crippen LogP contribution in [0.2, 0.25) is 0 Å². The normalized spacial score (nSPS) is 15.8. The minimum absolute atomic E-state index is 0.0323. The largest absolute Gasteiger partial charge is 0.343 e. The molecule has 2 aromatic rings. The van der Waals surface area contributed by atoms with E-state index in [1.165, 1.54) is 30.4 Å². The van der Waals surface area contributed by atoms with Crippen LogP contribution in [0.5, 0.6) is 0 Å². The third-order valence-corrected chi connectivity index (χ3v) is 4.46. The van der Waals surface area contributed by atoms with Crippen LogP contribution in [-0.2, 0) is 5.41 Å².